The van der Waals surface area contributed by atoms with E-state index in [2.05, 4.69) is 11.4 Å². The molecule has 5 heteroatoms. The summed E-state index contributed by atoms with van der Waals surface area (Å²) in [6.07, 6.45) is 2.90. The lowest BCUT2D eigenvalue weighted by molar-refractivity contribution is -0.133. The molecule has 1 aliphatic heterocycles. The van der Waals surface area contributed by atoms with Crippen LogP contribution in [0.3, 0.4) is 0 Å². The van der Waals surface area contributed by atoms with Crippen LogP contribution in [0.25, 0.3) is 10.8 Å². The van der Waals surface area contributed by atoms with Crippen LogP contribution in [-0.2, 0) is 17.8 Å². The smallest absolute Gasteiger partial charge is 0.260 e. The van der Waals surface area contributed by atoms with E-state index in [0.29, 0.717) is 24.5 Å². The standard InChI is InChI=1S/C26H26N2O3/c1-2-31-23-12-10-18-5-3-4-6-22(18)24(23)25(29)27-21-11-9-17-13-14-28(16-20(17)15-21)26(30)19-7-8-19/h3-6,9-12,15,19H,2,7-8,13-14,16H2,1H3,(H,27,29). The number of carbonyl (C=O) groups excluding carboxylic acids is 2. The van der Waals surface area contributed by atoms with E-state index in [-0.39, 0.29) is 17.7 Å². The molecule has 3 aromatic carbocycles. The predicted octanol–water partition coefficient (Wildman–Crippen LogP) is 4.79. The SMILES string of the molecule is CCOc1ccc2ccccc2c1C(=O)Nc1ccc2c(c1)CN(C(=O)C1CC1)CC2. The number of nitrogens with zero attached hydrogens (tertiary/aromatic N) is 1. The summed E-state index contributed by atoms with van der Waals surface area (Å²) < 4.78 is 5.76. The molecule has 1 saturated carbocycles. The van der Waals surface area contributed by atoms with Crippen molar-refractivity contribution in [1.29, 1.82) is 0 Å². The average Bonchev–Trinajstić information content (AvgIpc) is 3.63. The second-order valence-electron chi connectivity index (χ2n) is 8.31. The molecule has 0 bridgehead atoms. The van der Waals surface area contributed by atoms with Gasteiger partial charge in [0, 0.05) is 24.7 Å². The van der Waals surface area contributed by atoms with Gasteiger partial charge in [0.15, 0.2) is 0 Å². The fourth-order valence-corrected chi connectivity index (χ4v) is 4.37. The topological polar surface area (TPSA) is 58.6 Å². The molecule has 0 spiro atoms. The van der Waals surface area contributed by atoms with Crippen molar-refractivity contribution in [2.45, 2.75) is 32.7 Å². The molecule has 1 fully saturated rings. The molecule has 5 rings (SSSR count). The molecule has 2 aliphatic rings. The zero-order valence-corrected chi connectivity index (χ0v) is 17.7. The van der Waals surface area contributed by atoms with E-state index in [9.17, 15) is 9.59 Å². The molecule has 0 atom stereocenters. The Morgan fingerprint density at radius 3 is 2.71 bits per heavy atom. The number of fused-ring (bicyclic) bond motifs is 2. The highest BCUT2D eigenvalue weighted by Crippen LogP contribution is 2.34. The molecule has 0 saturated heterocycles. The highest BCUT2D eigenvalue weighted by atomic mass is 16.5. The van der Waals surface area contributed by atoms with Gasteiger partial charge in [-0.1, -0.05) is 36.4 Å². The van der Waals surface area contributed by atoms with Crippen LogP contribution in [-0.4, -0.2) is 29.9 Å². The Labute approximate surface area is 182 Å². The van der Waals surface area contributed by atoms with Gasteiger partial charge >= 0.3 is 0 Å². The summed E-state index contributed by atoms with van der Waals surface area (Å²) in [5.74, 6) is 0.893. The molecular weight excluding hydrogens is 388 g/mol. The van der Waals surface area contributed by atoms with Crippen LogP contribution in [0.2, 0.25) is 0 Å². The Balaban J connectivity index is 1.42. The van der Waals surface area contributed by atoms with Crippen molar-refractivity contribution >= 4 is 28.3 Å². The van der Waals surface area contributed by atoms with Crippen LogP contribution in [0.1, 0.15) is 41.3 Å². The summed E-state index contributed by atoms with van der Waals surface area (Å²) in [7, 11) is 0. The first-order valence-corrected chi connectivity index (χ1v) is 11.0. The van der Waals surface area contributed by atoms with Gasteiger partial charge in [-0.05, 0) is 66.3 Å². The summed E-state index contributed by atoms with van der Waals surface area (Å²) in [6, 6.07) is 17.7. The van der Waals surface area contributed by atoms with Crippen molar-refractivity contribution in [3.05, 3.63) is 71.3 Å². The summed E-state index contributed by atoms with van der Waals surface area (Å²) >= 11 is 0. The highest BCUT2D eigenvalue weighted by Gasteiger charge is 2.34. The van der Waals surface area contributed by atoms with Gasteiger partial charge in [0.05, 0.1) is 12.2 Å². The van der Waals surface area contributed by atoms with Crippen molar-refractivity contribution < 1.29 is 14.3 Å². The fourth-order valence-electron chi connectivity index (χ4n) is 4.37. The molecule has 1 aliphatic carbocycles. The van der Waals surface area contributed by atoms with E-state index in [1.54, 1.807) is 0 Å². The quantitative estimate of drug-likeness (QED) is 0.653. The number of carbonyl (C=O) groups is 2. The van der Waals surface area contributed by atoms with Gasteiger partial charge in [-0.3, -0.25) is 9.59 Å². The molecular formula is C26H26N2O3. The highest BCUT2D eigenvalue weighted by molar-refractivity contribution is 6.15. The lowest BCUT2D eigenvalue weighted by Crippen LogP contribution is -2.36. The van der Waals surface area contributed by atoms with Crippen molar-refractivity contribution in [2.24, 2.45) is 5.92 Å². The lowest BCUT2D eigenvalue weighted by Gasteiger charge is -2.29. The van der Waals surface area contributed by atoms with E-state index < -0.39 is 0 Å². The van der Waals surface area contributed by atoms with Crippen molar-refractivity contribution in [3.8, 4) is 5.75 Å². The Morgan fingerprint density at radius 1 is 1.06 bits per heavy atom. The maximum absolute atomic E-state index is 13.3. The maximum atomic E-state index is 13.3. The van der Waals surface area contributed by atoms with E-state index in [0.717, 1.165) is 47.8 Å². The number of ether oxygens (including phenoxy) is 1. The summed E-state index contributed by atoms with van der Waals surface area (Å²) in [4.78, 5) is 27.8. The van der Waals surface area contributed by atoms with Gasteiger partial charge < -0.3 is 15.0 Å². The number of hydrogen-bond donors (Lipinski definition) is 1. The van der Waals surface area contributed by atoms with Crippen molar-refractivity contribution in [1.82, 2.24) is 4.90 Å². The minimum Gasteiger partial charge on any atom is -0.493 e. The van der Waals surface area contributed by atoms with Crippen LogP contribution >= 0.6 is 0 Å². The number of nitrogens with one attached hydrogen (secondary N) is 1. The minimum absolute atomic E-state index is 0.193. The molecule has 1 N–H and O–H groups in total. The van der Waals surface area contributed by atoms with Crippen LogP contribution in [0, 0.1) is 5.92 Å². The van der Waals surface area contributed by atoms with E-state index in [4.69, 9.17) is 4.74 Å². The Kier molecular flexibility index (Phi) is 5.10. The first-order valence-electron chi connectivity index (χ1n) is 11.0. The predicted molar refractivity (Wildman–Crippen MR) is 121 cm³/mol. The van der Waals surface area contributed by atoms with Gasteiger partial charge in [0.1, 0.15) is 5.75 Å². The molecule has 31 heavy (non-hydrogen) atoms. The molecule has 0 radical (unpaired) electrons. The third-order valence-electron chi connectivity index (χ3n) is 6.13. The van der Waals surface area contributed by atoms with Crippen LogP contribution < -0.4 is 10.1 Å². The van der Waals surface area contributed by atoms with Crippen LogP contribution in [0.4, 0.5) is 5.69 Å². The third-order valence-corrected chi connectivity index (χ3v) is 6.13. The molecule has 1 heterocycles. The largest absolute Gasteiger partial charge is 0.493 e. The zero-order chi connectivity index (χ0) is 21.4. The molecule has 0 unspecified atom stereocenters. The molecule has 158 valence electrons. The molecule has 5 nitrogen and oxygen atoms in total. The summed E-state index contributed by atoms with van der Waals surface area (Å²) in [6.45, 7) is 3.80. The average molecular weight is 415 g/mol. The molecule has 0 aromatic heterocycles. The Morgan fingerprint density at radius 2 is 1.90 bits per heavy atom. The number of rotatable bonds is 5. The number of anilines is 1. The summed E-state index contributed by atoms with van der Waals surface area (Å²) in [5.41, 5.74) is 3.64. The third kappa shape index (κ3) is 3.88. The van der Waals surface area contributed by atoms with Gasteiger partial charge in [-0.25, -0.2) is 0 Å². The zero-order valence-electron chi connectivity index (χ0n) is 17.7. The molecule has 3 aromatic rings. The van der Waals surface area contributed by atoms with E-state index in [1.807, 2.05) is 60.4 Å². The Hall–Kier alpha value is -3.34. The molecule has 2 amide bonds. The van der Waals surface area contributed by atoms with Gasteiger partial charge in [-0.15, -0.1) is 0 Å². The minimum atomic E-state index is -0.193. The number of amides is 2. The number of benzene rings is 3. The Bertz CT molecular complexity index is 1170. The van der Waals surface area contributed by atoms with Gasteiger partial charge in [0.25, 0.3) is 5.91 Å². The van der Waals surface area contributed by atoms with Crippen molar-refractivity contribution in [2.75, 3.05) is 18.5 Å². The van der Waals surface area contributed by atoms with Crippen LogP contribution in [0.5, 0.6) is 5.75 Å². The maximum Gasteiger partial charge on any atom is 0.260 e. The second-order valence-corrected chi connectivity index (χ2v) is 8.31. The summed E-state index contributed by atoms with van der Waals surface area (Å²) in [5, 5.41) is 4.92. The fraction of sp³-hybridized carbons (Fsp3) is 0.308. The van der Waals surface area contributed by atoms with Crippen LogP contribution in [0.15, 0.2) is 54.6 Å². The van der Waals surface area contributed by atoms with Gasteiger partial charge in [-0.2, -0.15) is 0 Å². The number of hydrogen-bond acceptors (Lipinski definition) is 3. The second kappa shape index (κ2) is 8.06. The monoisotopic (exact) mass is 414 g/mol. The first kappa shape index (κ1) is 19.6. The van der Waals surface area contributed by atoms with Gasteiger partial charge in [0.2, 0.25) is 5.91 Å². The van der Waals surface area contributed by atoms with E-state index in [1.165, 1.54) is 5.56 Å². The van der Waals surface area contributed by atoms with E-state index >= 15 is 0 Å². The van der Waals surface area contributed by atoms with Crippen molar-refractivity contribution in [3.63, 3.8) is 0 Å². The normalized spacial score (nSPS) is 15.5. The lowest BCUT2D eigenvalue weighted by atomic mass is 9.98. The first-order chi connectivity index (χ1) is 15.1.